The van der Waals surface area contributed by atoms with E-state index in [4.69, 9.17) is 23.2 Å². The Labute approximate surface area is 252 Å². The van der Waals surface area contributed by atoms with Gasteiger partial charge < -0.3 is 19.8 Å². The average molecular weight is 627 g/mol. The molecule has 3 aliphatic rings. The van der Waals surface area contributed by atoms with Crippen molar-refractivity contribution in [3.63, 3.8) is 0 Å². The van der Waals surface area contributed by atoms with E-state index in [1.165, 1.54) is 9.80 Å². The second kappa shape index (κ2) is 12.3. The van der Waals surface area contributed by atoms with Gasteiger partial charge in [-0.1, -0.05) is 35.3 Å². The number of halogens is 5. The van der Waals surface area contributed by atoms with Gasteiger partial charge in [-0.25, -0.2) is 4.79 Å². The molecule has 3 aliphatic heterocycles. The van der Waals surface area contributed by atoms with Crippen molar-refractivity contribution in [3.8, 4) is 11.1 Å². The molecule has 226 valence electrons. The van der Waals surface area contributed by atoms with Crippen molar-refractivity contribution in [1.82, 2.24) is 14.7 Å². The fourth-order valence-electron chi connectivity index (χ4n) is 6.29. The van der Waals surface area contributed by atoms with Crippen LogP contribution in [0.2, 0.25) is 10.0 Å². The second-order valence-corrected chi connectivity index (χ2v) is 12.1. The first-order valence-corrected chi connectivity index (χ1v) is 14.9. The number of hydrogen-bond acceptors (Lipinski definition) is 3. The quantitative estimate of drug-likeness (QED) is 0.405. The molecule has 3 fully saturated rings. The maximum Gasteiger partial charge on any atom is 0.407 e. The number of carboxylic acid groups (broad SMARTS) is 1. The zero-order chi connectivity index (χ0) is 30.2. The lowest BCUT2D eigenvalue weighted by Gasteiger charge is -2.35. The van der Waals surface area contributed by atoms with E-state index in [0.29, 0.717) is 66.5 Å². The molecule has 1 atom stereocenters. The SMILES string of the molecule is O=C(O)N1CCC(N2CC[C@@H](Cc3c(Cl)cc(-c4ccc(C(=O)N5CCC(C(F)(F)F)CC5)cc4)cc3Cl)C2=O)CC1. The Balaban J connectivity index is 1.20. The molecular formula is C30H32Cl2F3N3O4. The lowest BCUT2D eigenvalue weighted by Crippen LogP contribution is -2.47. The van der Waals surface area contributed by atoms with E-state index in [1.54, 1.807) is 36.4 Å². The van der Waals surface area contributed by atoms with E-state index in [2.05, 4.69) is 0 Å². The molecule has 1 N–H and O–H groups in total. The van der Waals surface area contributed by atoms with Gasteiger partial charge in [0, 0.05) is 60.3 Å². The predicted molar refractivity (Wildman–Crippen MR) is 153 cm³/mol. The zero-order valence-corrected chi connectivity index (χ0v) is 24.4. The fourth-order valence-corrected chi connectivity index (χ4v) is 6.93. The van der Waals surface area contributed by atoms with Crippen molar-refractivity contribution < 1.29 is 32.7 Å². The highest BCUT2D eigenvalue weighted by Gasteiger charge is 2.42. The lowest BCUT2D eigenvalue weighted by molar-refractivity contribution is -0.183. The van der Waals surface area contributed by atoms with Gasteiger partial charge in [-0.3, -0.25) is 9.59 Å². The standard InChI is InChI=1S/C30H32Cl2F3N3O4/c31-25-16-21(18-1-3-19(4-2-18)27(39)36-10-6-22(7-11-36)30(33,34)35)17-26(32)24(25)15-20-5-14-38(28(20)40)23-8-12-37(13-9-23)29(41)42/h1-4,16-17,20,22-23H,5-15H2,(H,41,42)/t20-/m0/s1. The zero-order valence-electron chi connectivity index (χ0n) is 22.9. The van der Waals surface area contributed by atoms with Crippen molar-refractivity contribution in [1.29, 1.82) is 0 Å². The minimum absolute atomic E-state index is 0.0352. The first-order valence-electron chi connectivity index (χ1n) is 14.1. The number of benzene rings is 2. The van der Waals surface area contributed by atoms with Crippen LogP contribution in [0.5, 0.6) is 0 Å². The Hall–Kier alpha value is -2.98. The second-order valence-electron chi connectivity index (χ2n) is 11.3. The van der Waals surface area contributed by atoms with E-state index in [0.717, 1.165) is 11.1 Å². The Morgan fingerprint density at radius 3 is 1.95 bits per heavy atom. The Morgan fingerprint density at radius 1 is 0.833 bits per heavy atom. The number of likely N-dealkylation sites (tertiary alicyclic amines) is 3. The number of amides is 3. The maximum atomic E-state index is 13.2. The van der Waals surface area contributed by atoms with Crippen molar-refractivity contribution in [2.24, 2.45) is 11.8 Å². The van der Waals surface area contributed by atoms with Crippen LogP contribution in [0.15, 0.2) is 36.4 Å². The summed E-state index contributed by atoms with van der Waals surface area (Å²) in [5.41, 5.74) is 2.60. The van der Waals surface area contributed by atoms with Crippen LogP contribution in [0.1, 0.15) is 48.0 Å². The molecule has 2 aromatic rings. The molecule has 3 heterocycles. The molecule has 3 saturated heterocycles. The Kier molecular flexibility index (Phi) is 8.94. The largest absolute Gasteiger partial charge is 0.465 e. The number of carbonyl (C=O) groups is 3. The summed E-state index contributed by atoms with van der Waals surface area (Å²) in [4.78, 5) is 42.0. The summed E-state index contributed by atoms with van der Waals surface area (Å²) in [6.45, 7) is 1.61. The number of nitrogens with zero attached hydrogens (tertiary/aromatic N) is 3. The smallest absolute Gasteiger partial charge is 0.407 e. The molecule has 42 heavy (non-hydrogen) atoms. The van der Waals surface area contributed by atoms with Crippen molar-refractivity contribution in [3.05, 3.63) is 57.6 Å². The van der Waals surface area contributed by atoms with Gasteiger partial charge in [0.1, 0.15) is 0 Å². The number of piperidine rings is 2. The minimum atomic E-state index is -4.23. The fraction of sp³-hybridized carbons (Fsp3) is 0.500. The number of rotatable bonds is 5. The van der Waals surface area contributed by atoms with Gasteiger partial charge in [0.15, 0.2) is 0 Å². The molecule has 0 aliphatic carbocycles. The highest BCUT2D eigenvalue weighted by atomic mass is 35.5. The summed E-state index contributed by atoms with van der Waals surface area (Å²) in [5, 5.41) is 10.1. The monoisotopic (exact) mass is 625 g/mol. The average Bonchev–Trinajstić information content (AvgIpc) is 3.33. The Bertz CT molecular complexity index is 1320. The third-order valence-corrected chi connectivity index (χ3v) is 9.50. The van der Waals surface area contributed by atoms with Gasteiger partial charge in [-0.15, -0.1) is 0 Å². The summed E-state index contributed by atoms with van der Waals surface area (Å²) < 4.78 is 38.9. The van der Waals surface area contributed by atoms with Gasteiger partial charge >= 0.3 is 12.3 Å². The molecule has 5 rings (SSSR count). The maximum absolute atomic E-state index is 13.2. The molecule has 0 spiro atoms. The normalized spacial score (nSPS) is 20.8. The highest BCUT2D eigenvalue weighted by Crippen LogP contribution is 2.37. The molecule has 0 bridgehead atoms. The molecule has 7 nitrogen and oxygen atoms in total. The van der Waals surface area contributed by atoms with E-state index in [1.807, 2.05) is 4.90 Å². The minimum Gasteiger partial charge on any atom is -0.465 e. The van der Waals surface area contributed by atoms with E-state index in [9.17, 15) is 32.7 Å². The van der Waals surface area contributed by atoms with Crippen LogP contribution in [0.3, 0.4) is 0 Å². The van der Waals surface area contributed by atoms with Crippen LogP contribution in [0, 0.1) is 11.8 Å². The summed E-state index contributed by atoms with van der Waals surface area (Å²) in [5.74, 6) is -1.87. The third kappa shape index (κ3) is 6.49. The molecular weight excluding hydrogens is 594 g/mol. The molecule has 12 heteroatoms. The molecule has 0 aromatic heterocycles. The van der Waals surface area contributed by atoms with Gasteiger partial charge in [0.05, 0.1) is 5.92 Å². The van der Waals surface area contributed by atoms with Crippen molar-refractivity contribution >= 4 is 41.1 Å². The predicted octanol–water partition coefficient (Wildman–Crippen LogP) is 6.61. The number of carbonyl (C=O) groups excluding carboxylic acids is 2. The van der Waals surface area contributed by atoms with Crippen molar-refractivity contribution in [2.45, 2.75) is 50.7 Å². The van der Waals surface area contributed by atoms with Crippen LogP contribution in [-0.2, 0) is 11.2 Å². The van der Waals surface area contributed by atoms with Crippen LogP contribution in [0.4, 0.5) is 18.0 Å². The van der Waals surface area contributed by atoms with Gasteiger partial charge in [-0.05, 0) is 79.5 Å². The summed E-state index contributed by atoms with van der Waals surface area (Å²) in [6.07, 6.45) is -3.01. The lowest BCUT2D eigenvalue weighted by atomic mass is 9.94. The van der Waals surface area contributed by atoms with E-state index >= 15 is 0 Å². The molecule has 0 saturated carbocycles. The van der Waals surface area contributed by atoms with Crippen LogP contribution in [-0.4, -0.2) is 82.7 Å². The summed E-state index contributed by atoms with van der Waals surface area (Å²) >= 11 is 13.3. The van der Waals surface area contributed by atoms with Crippen LogP contribution in [0.25, 0.3) is 11.1 Å². The van der Waals surface area contributed by atoms with Gasteiger partial charge in [-0.2, -0.15) is 13.2 Å². The first kappa shape index (κ1) is 30.5. The summed E-state index contributed by atoms with van der Waals surface area (Å²) in [7, 11) is 0. The van der Waals surface area contributed by atoms with Crippen molar-refractivity contribution in [2.75, 3.05) is 32.7 Å². The molecule has 0 radical (unpaired) electrons. The molecule has 3 amide bonds. The van der Waals surface area contributed by atoms with Gasteiger partial charge in [0.25, 0.3) is 5.91 Å². The molecule has 0 unspecified atom stereocenters. The first-order chi connectivity index (χ1) is 19.9. The number of hydrogen-bond donors (Lipinski definition) is 1. The van der Waals surface area contributed by atoms with E-state index in [-0.39, 0.29) is 49.7 Å². The van der Waals surface area contributed by atoms with Gasteiger partial charge in [0.2, 0.25) is 5.91 Å². The van der Waals surface area contributed by atoms with Crippen LogP contribution >= 0.6 is 23.2 Å². The molecule has 2 aromatic carbocycles. The topological polar surface area (TPSA) is 81.2 Å². The number of alkyl halides is 3. The highest BCUT2D eigenvalue weighted by molar-refractivity contribution is 6.36. The third-order valence-electron chi connectivity index (χ3n) is 8.83. The van der Waals surface area contributed by atoms with Crippen LogP contribution < -0.4 is 0 Å². The Morgan fingerprint density at radius 2 is 1.40 bits per heavy atom. The summed E-state index contributed by atoms with van der Waals surface area (Å²) in [6, 6.07) is 10.4. The van der Waals surface area contributed by atoms with E-state index < -0.39 is 18.2 Å².